The number of nitrogens with one attached hydrogen (secondary N) is 4. The molecule has 0 radical (unpaired) electrons. The number of aromatic amines is 1. The van der Waals surface area contributed by atoms with Crippen molar-refractivity contribution in [3.05, 3.63) is 113 Å². The van der Waals surface area contributed by atoms with Crippen molar-refractivity contribution < 1.29 is 14.0 Å². The van der Waals surface area contributed by atoms with E-state index in [1.165, 1.54) is 12.1 Å². The van der Waals surface area contributed by atoms with E-state index < -0.39 is 0 Å². The standard InChI is InChI=1S/C28H23FN6O2/c29-20-8-5-19(6-9-20)15-33-27(36)23-4-2-12-32-26(23)31-11-1-3-18-7-10-22-24(14-21-16-30-17-34-21)28(37)35-25(22)13-18/h1-10,12-14,16-17H,11,15H2,(H,30,34)(H,31,32)(H,33,36)(H,35,37)/b3-1+,24-14-. The van der Waals surface area contributed by atoms with Crippen LogP contribution in [0.3, 0.4) is 0 Å². The van der Waals surface area contributed by atoms with Gasteiger partial charge in [-0.15, -0.1) is 0 Å². The van der Waals surface area contributed by atoms with E-state index in [0.29, 0.717) is 23.5 Å². The quantitative estimate of drug-likeness (QED) is 0.270. The monoisotopic (exact) mass is 494 g/mol. The van der Waals surface area contributed by atoms with E-state index in [2.05, 4.69) is 30.9 Å². The van der Waals surface area contributed by atoms with Gasteiger partial charge in [-0.1, -0.05) is 36.4 Å². The molecule has 4 aromatic rings. The molecule has 0 bridgehead atoms. The van der Waals surface area contributed by atoms with Crippen molar-refractivity contribution in [1.29, 1.82) is 0 Å². The fraction of sp³-hybridized carbons (Fsp3) is 0.0714. The Kier molecular flexibility index (Phi) is 6.84. The third-order valence-corrected chi connectivity index (χ3v) is 5.76. The number of H-pyrrole nitrogens is 1. The van der Waals surface area contributed by atoms with Gasteiger partial charge in [0.25, 0.3) is 11.8 Å². The summed E-state index contributed by atoms with van der Waals surface area (Å²) in [4.78, 5) is 36.4. The van der Waals surface area contributed by atoms with Gasteiger partial charge in [-0.05, 0) is 47.5 Å². The Morgan fingerprint density at radius 3 is 2.78 bits per heavy atom. The predicted molar refractivity (Wildman–Crippen MR) is 141 cm³/mol. The molecule has 2 aromatic carbocycles. The van der Waals surface area contributed by atoms with Gasteiger partial charge in [0, 0.05) is 30.5 Å². The molecule has 0 saturated carbocycles. The van der Waals surface area contributed by atoms with Crippen LogP contribution in [0.15, 0.2) is 79.4 Å². The van der Waals surface area contributed by atoms with Crippen molar-refractivity contribution in [1.82, 2.24) is 20.3 Å². The lowest BCUT2D eigenvalue weighted by atomic mass is 10.0. The number of halogens is 1. The van der Waals surface area contributed by atoms with E-state index in [1.54, 1.807) is 49.1 Å². The number of nitrogens with zero attached hydrogens (tertiary/aromatic N) is 2. The molecule has 0 aliphatic carbocycles. The van der Waals surface area contributed by atoms with Crippen molar-refractivity contribution >= 4 is 41.0 Å². The van der Waals surface area contributed by atoms with Crippen molar-refractivity contribution in [3.63, 3.8) is 0 Å². The Hall–Kier alpha value is -5.05. The van der Waals surface area contributed by atoms with E-state index in [0.717, 1.165) is 28.1 Å². The highest BCUT2D eigenvalue weighted by Crippen LogP contribution is 2.33. The highest BCUT2D eigenvalue weighted by atomic mass is 19.1. The zero-order valence-corrected chi connectivity index (χ0v) is 19.7. The Bertz CT molecular complexity index is 1490. The second-order valence-corrected chi connectivity index (χ2v) is 8.32. The van der Waals surface area contributed by atoms with Gasteiger partial charge in [0.05, 0.1) is 29.4 Å². The van der Waals surface area contributed by atoms with E-state index >= 15 is 0 Å². The number of hydrogen-bond donors (Lipinski definition) is 4. The first-order valence-corrected chi connectivity index (χ1v) is 11.6. The number of pyridine rings is 1. The summed E-state index contributed by atoms with van der Waals surface area (Å²) in [5, 5.41) is 8.90. The third-order valence-electron chi connectivity index (χ3n) is 5.76. The fourth-order valence-corrected chi connectivity index (χ4v) is 3.92. The Morgan fingerprint density at radius 2 is 1.97 bits per heavy atom. The Morgan fingerprint density at radius 1 is 1.11 bits per heavy atom. The summed E-state index contributed by atoms with van der Waals surface area (Å²) < 4.78 is 13.1. The summed E-state index contributed by atoms with van der Waals surface area (Å²) in [5.41, 5.74) is 5.04. The summed E-state index contributed by atoms with van der Waals surface area (Å²) >= 11 is 0. The molecule has 8 nitrogen and oxygen atoms in total. The van der Waals surface area contributed by atoms with E-state index in [-0.39, 0.29) is 24.2 Å². The smallest absolute Gasteiger partial charge is 0.256 e. The number of hydrogen-bond acceptors (Lipinski definition) is 5. The highest BCUT2D eigenvalue weighted by Gasteiger charge is 2.24. The van der Waals surface area contributed by atoms with E-state index in [9.17, 15) is 14.0 Å². The maximum Gasteiger partial charge on any atom is 0.256 e. The molecule has 0 fully saturated rings. The number of carbonyl (C=O) groups excluding carboxylic acids is 2. The SMILES string of the molecule is O=C1Nc2cc(/C=C/CNc3ncccc3C(=O)NCc3ccc(F)cc3)ccc2/C1=C/c1cnc[nH]1. The lowest BCUT2D eigenvalue weighted by Gasteiger charge is -2.10. The Labute approximate surface area is 212 Å². The van der Waals surface area contributed by atoms with Crippen LogP contribution in [0.1, 0.15) is 32.7 Å². The fourth-order valence-electron chi connectivity index (χ4n) is 3.92. The second kappa shape index (κ2) is 10.7. The normalized spacial score (nSPS) is 13.5. The molecule has 1 aliphatic rings. The Balaban J connectivity index is 1.20. The number of anilines is 2. The van der Waals surface area contributed by atoms with Crippen LogP contribution in [0.5, 0.6) is 0 Å². The van der Waals surface area contributed by atoms with Gasteiger partial charge in [-0.3, -0.25) is 9.59 Å². The van der Waals surface area contributed by atoms with Gasteiger partial charge in [0.15, 0.2) is 0 Å². The lowest BCUT2D eigenvalue weighted by molar-refractivity contribution is -0.110. The molecule has 1 aliphatic heterocycles. The third kappa shape index (κ3) is 5.62. The molecule has 5 rings (SSSR count). The zero-order chi connectivity index (χ0) is 25.6. The summed E-state index contributed by atoms with van der Waals surface area (Å²) in [6, 6.07) is 15.1. The molecule has 2 amide bonds. The van der Waals surface area contributed by atoms with Crippen LogP contribution < -0.4 is 16.0 Å². The van der Waals surface area contributed by atoms with Crippen LogP contribution in [0, 0.1) is 5.82 Å². The number of amides is 2. The minimum Gasteiger partial charge on any atom is -0.366 e. The van der Waals surface area contributed by atoms with Crippen LogP contribution in [-0.2, 0) is 11.3 Å². The molecule has 184 valence electrons. The molecule has 0 atom stereocenters. The van der Waals surface area contributed by atoms with Crippen molar-refractivity contribution in [2.45, 2.75) is 6.54 Å². The van der Waals surface area contributed by atoms with Crippen molar-refractivity contribution in [2.75, 3.05) is 17.2 Å². The van der Waals surface area contributed by atoms with Crippen LogP contribution in [0.25, 0.3) is 17.7 Å². The second-order valence-electron chi connectivity index (χ2n) is 8.32. The maximum absolute atomic E-state index is 13.1. The van der Waals surface area contributed by atoms with Gasteiger partial charge in [-0.2, -0.15) is 0 Å². The molecule has 37 heavy (non-hydrogen) atoms. The molecule has 2 aromatic heterocycles. The van der Waals surface area contributed by atoms with Gasteiger partial charge in [0.1, 0.15) is 11.6 Å². The van der Waals surface area contributed by atoms with Crippen LogP contribution in [-0.4, -0.2) is 33.3 Å². The van der Waals surface area contributed by atoms with Crippen molar-refractivity contribution in [3.8, 4) is 0 Å². The highest BCUT2D eigenvalue weighted by molar-refractivity contribution is 6.34. The topological polar surface area (TPSA) is 112 Å². The molecule has 0 unspecified atom stereocenters. The molecule has 4 N–H and O–H groups in total. The summed E-state index contributed by atoms with van der Waals surface area (Å²) in [6.45, 7) is 0.713. The predicted octanol–water partition coefficient (Wildman–Crippen LogP) is 4.49. The largest absolute Gasteiger partial charge is 0.366 e. The average molecular weight is 495 g/mol. The van der Waals surface area contributed by atoms with Gasteiger partial charge in [0.2, 0.25) is 0 Å². The molecule has 9 heteroatoms. The first-order chi connectivity index (χ1) is 18.1. The van der Waals surface area contributed by atoms with Gasteiger partial charge >= 0.3 is 0 Å². The number of fused-ring (bicyclic) bond motifs is 1. The van der Waals surface area contributed by atoms with Crippen LogP contribution in [0.4, 0.5) is 15.9 Å². The number of carbonyl (C=O) groups is 2. The van der Waals surface area contributed by atoms with Crippen LogP contribution >= 0.6 is 0 Å². The number of imidazole rings is 1. The lowest BCUT2D eigenvalue weighted by Crippen LogP contribution is -2.24. The average Bonchev–Trinajstić information content (AvgIpc) is 3.54. The maximum atomic E-state index is 13.1. The van der Waals surface area contributed by atoms with Gasteiger partial charge < -0.3 is 20.9 Å². The molecule has 0 spiro atoms. The molecule has 0 saturated heterocycles. The first kappa shape index (κ1) is 23.7. The molecular formula is C28H23FN6O2. The zero-order valence-electron chi connectivity index (χ0n) is 19.7. The summed E-state index contributed by atoms with van der Waals surface area (Å²) in [7, 11) is 0. The molecular weight excluding hydrogens is 471 g/mol. The van der Waals surface area contributed by atoms with Gasteiger partial charge in [-0.25, -0.2) is 14.4 Å². The summed E-state index contributed by atoms with van der Waals surface area (Å²) in [6.07, 6.45) is 10.4. The summed E-state index contributed by atoms with van der Waals surface area (Å²) in [5.74, 6) is -0.304. The minimum atomic E-state index is -0.321. The van der Waals surface area contributed by atoms with E-state index in [4.69, 9.17) is 0 Å². The van der Waals surface area contributed by atoms with Crippen molar-refractivity contribution in [2.24, 2.45) is 0 Å². The van der Waals surface area contributed by atoms with E-state index in [1.807, 2.05) is 30.4 Å². The van der Waals surface area contributed by atoms with Crippen LogP contribution in [0.2, 0.25) is 0 Å². The number of aromatic nitrogens is 3. The minimum absolute atomic E-state index is 0.159. The molecule has 3 heterocycles. The first-order valence-electron chi connectivity index (χ1n) is 11.6. The number of rotatable bonds is 8. The number of benzene rings is 2.